The van der Waals surface area contributed by atoms with Crippen LogP contribution in [0, 0.1) is 16.0 Å². The highest BCUT2D eigenvalue weighted by molar-refractivity contribution is 8.03. The third-order valence-electron chi connectivity index (χ3n) is 4.69. The zero-order valence-electron chi connectivity index (χ0n) is 14.6. The number of non-ortho nitro benzene ring substituents is 1. The van der Waals surface area contributed by atoms with Crippen molar-refractivity contribution in [2.75, 3.05) is 5.75 Å². The van der Waals surface area contributed by atoms with Crippen LogP contribution in [0.5, 0.6) is 0 Å². The van der Waals surface area contributed by atoms with Crippen molar-refractivity contribution in [2.45, 2.75) is 39.0 Å². The summed E-state index contributed by atoms with van der Waals surface area (Å²) in [6, 6.07) is 5.18. The summed E-state index contributed by atoms with van der Waals surface area (Å²) >= 11 is 1.56. The van der Waals surface area contributed by atoms with Crippen LogP contribution in [0.1, 0.15) is 25.8 Å². The Morgan fingerprint density at radius 2 is 2.00 bits per heavy atom. The highest BCUT2D eigenvalue weighted by Crippen LogP contribution is 2.43. The second-order valence-corrected chi connectivity index (χ2v) is 7.52. The molecule has 8 heteroatoms. The molecule has 26 heavy (non-hydrogen) atoms. The molecule has 2 aliphatic heterocycles. The number of carbonyl (C=O) groups excluding carboxylic acids is 2. The van der Waals surface area contributed by atoms with Crippen molar-refractivity contribution in [1.29, 1.82) is 0 Å². The molecule has 1 aromatic carbocycles. The van der Waals surface area contributed by atoms with Gasteiger partial charge in [-0.3, -0.25) is 14.9 Å². The number of hydrogen-bond donors (Lipinski definition) is 0. The topological polar surface area (TPSA) is 89.8 Å². The van der Waals surface area contributed by atoms with Gasteiger partial charge in [-0.2, -0.15) is 0 Å². The zero-order valence-corrected chi connectivity index (χ0v) is 15.4. The van der Waals surface area contributed by atoms with Gasteiger partial charge in [-0.15, -0.1) is 11.8 Å². The Morgan fingerprint density at radius 3 is 2.58 bits per heavy atom. The number of carbonyl (C=O) groups is 2. The molecule has 2 aliphatic rings. The normalized spacial score (nSPS) is 23.9. The lowest BCUT2D eigenvalue weighted by molar-refractivity contribution is -0.384. The van der Waals surface area contributed by atoms with Crippen LogP contribution in [0.3, 0.4) is 0 Å². The lowest BCUT2D eigenvalue weighted by Gasteiger charge is -2.44. The lowest BCUT2D eigenvalue weighted by atomic mass is 9.86. The Kier molecular flexibility index (Phi) is 5.31. The summed E-state index contributed by atoms with van der Waals surface area (Å²) in [6.07, 6.45) is 2.77. The summed E-state index contributed by atoms with van der Waals surface area (Å²) in [5.74, 6) is 0.303. The minimum absolute atomic E-state index is 0.00209. The maximum atomic E-state index is 12.6. The van der Waals surface area contributed by atoms with E-state index in [4.69, 9.17) is 4.74 Å². The van der Waals surface area contributed by atoms with E-state index in [1.54, 1.807) is 28.8 Å². The fourth-order valence-electron chi connectivity index (χ4n) is 3.38. The third-order valence-corrected chi connectivity index (χ3v) is 5.67. The van der Waals surface area contributed by atoms with Crippen molar-refractivity contribution >= 4 is 29.3 Å². The molecule has 1 fully saturated rings. The van der Waals surface area contributed by atoms with Crippen LogP contribution in [-0.4, -0.2) is 39.5 Å². The van der Waals surface area contributed by atoms with Gasteiger partial charge in [-0.1, -0.05) is 13.8 Å². The van der Waals surface area contributed by atoms with E-state index < -0.39 is 16.9 Å². The number of nitro groups is 1. The summed E-state index contributed by atoms with van der Waals surface area (Å²) in [5, 5.41) is 10.7. The number of benzene rings is 1. The van der Waals surface area contributed by atoms with Crippen LogP contribution < -0.4 is 0 Å². The van der Waals surface area contributed by atoms with Crippen molar-refractivity contribution in [3.63, 3.8) is 0 Å². The molecule has 7 nitrogen and oxygen atoms in total. The predicted molar refractivity (Wildman–Crippen MR) is 97.3 cm³/mol. The molecule has 3 unspecified atom stereocenters. The van der Waals surface area contributed by atoms with Crippen LogP contribution in [0.15, 0.2) is 35.2 Å². The Hall–Kier alpha value is -2.35. The lowest BCUT2D eigenvalue weighted by Crippen LogP contribution is -2.62. The van der Waals surface area contributed by atoms with E-state index >= 15 is 0 Å². The molecule has 0 saturated carbocycles. The van der Waals surface area contributed by atoms with Gasteiger partial charge >= 0.3 is 5.97 Å². The van der Waals surface area contributed by atoms with E-state index in [2.05, 4.69) is 0 Å². The SMILES string of the molecule is CCSC1=CC2C(CC)C(=O)N2C1C(=O)OCc1ccc([N+](=O)[O-])cc1. The zero-order chi connectivity index (χ0) is 18.8. The summed E-state index contributed by atoms with van der Waals surface area (Å²) in [5.41, 5.74) is 0.647. The number of β-lactam (4-membered cyclic amide) rings is 1. The highest BCUT2D eigenvalue weighted by atomic mass is 32.2. The van der Waals surface area contributed by atoms with Crippen molar-refractivity contribution in [2.24, 2.45) is 5.92 Å². The molecular formula is C18H20N2O5S. The van der Waals surface area contributed by atoms with Gasteiger partial charge in [-0.25, -0.2) is 4.79 Å². The van der Waals surface area contributed by atoms with Gasteiger partial charge in [0.1, 0.15) is 6.61 Å². The van der Waals surface area contributed by atoms with Gasteiger partial charge in [-0.05, 0) is 35.9 Å². The summed E-state index contributed by atoms with van der Waals surface area (Å²) in [7, 11) is 0. The van der Waals surface area contributed by atoms with Gasteiger partial charge < -0.3 is 9.64 Å². The van der Waals surface area contributed by atoms with Gasteiger partial charge in [0.05, 0.1) is 16.9 Å². The average Bonchev–Trinajstić information content (AvgIpc) is 2.95. The predicted octanol–water partition coefficient (Wildman–Crippen LogP) is 2.89. The molecular weight excluding hydrogens is 356 g/mol. The fourth-order valence-corrected chi connectivity index (χ4v) is 4.31. The fraction of sp³-hybridized carbons (Fsp3) is 0.444. The number of fused-ring (bicyclic) bond motifs is 1. The molecule has 2 heterocycles. The first kappa shape index (κ1) is 18.4. The van der Waals surface area contributed by atoms with Crippen molar-refractivity contribution in [3.05, 3.63) is 50.9 Å². The quantitative estimate of drug-likeness (QED) is 0.315. The van der Waals surface area contributed by atoms with Crippen LogP contribution in [0.2, 0.25) is 0 Å². The number of amides is 1. The molecule has 0 N–H and O–H groups in total. The maximum absolute atomic E-state index is 12.6. The molecule has 1 saturated heterocycles. The number of esters is 1. The first-order valence-electron chi connectivity index (χ1n) is 8.54. The number of rotatable bonds is 7. The van der Waals surface area contributed by atoms with Crippen LogP contribution in [0.25, 0.3) is 0 Å². The summed E-state index contributed by atoms with van der Waals surface area (Å²) in [6.45, 7) is 3.99. The number of nitrogens with zero attached hydrogens (tertiary/aromatic N) is 2. The van der Waals surface area contributed by atoms with Gasteiger partial charge in [0.2, 0.25) is 5.91 Å². The van der Waals surface area contributed by atoms with Crippen LogP contribution in [-0.2, 0) is 20.9 Å². The third kappa shape index (κ3) is 3.21. The molecule has 3 rings (SSSR count). The molecule has 0 bridgehead atoms. The number of nitro benzene ring substituents is 1. The second-order valence-electron chi connectivity index (χ2n) is 6.19. The maximum Gasteiger partial charge on any atom is 0.334 e. The van der Waals surface area contributed by atoms with Gasteiger partial charge in [0.15, 0.2) is 6.04 Å². The van der Waals surface area contributed by atoms with Crippen LogP contribution in [0.4, 0.5) is 5.69 Å². The number of ether oxygens (including phenoxy) is 1. The smallest absolute Gasteiger partial charge is 0.334 e. The number of thioether (sulfide) groups is 1. The standard InChI is InChI=1S/C18H20N2O5S/c1-3-13-14-9-15(26-4-2)16(19(14)17(13)21)18(22)25-10-11-5-7-12(8-6-11)20(23)24/h5-9,13-14,16H,3-4,10H2,1-2H3. The molecule has 3 atom stereocenters. The van der Waals surface area contributed by atoms with E-state index in [1.807, 2.05) is 19.9 Å². The summed E-state index contributed by atoms with van der Waals surface area (Å²) < 4.78 is 5.40. The molecule has 1 amide bonds. The molecule has 0 spiro atoms. The first-order chi connectivity index (χ1) is 12.5. The Balaban J connectivity index is 1.67. The van der Waals surface area contributed by atoms with Crippen LogP contribution >= 0.6 is 11.8 Å². The highest BCUT2D eigenvalue weighted by Gasteiger charge is 2.55. The van der Waals surface area contributed by atoms with Gasteiger partial charge in [0.25, 0.3) is 5.69 Å². The largest absolute Gasteiger partial charge is 0.459 e. The van der Waals surface area contributed by atoms with Crippen molar-refractivity contribution < 1.29 is 19.2 Å². The second kappa shape index (κ2) is 7.49. The molecule has 1 aromatic rings. The van der Waals surface area contributed by atoms with E-state index in [0.717, 1.165) is 17.1 Å². The van der Waals surface area contributed by atoms with Crippen molar-refractivity contribution in [1.82, 2.24) is 4.90 Å². The Bertz CT molecular complexity index is 761. The first-order valence-corrected chi connectivity index (χ1v) is 9.53. The van der Waals surface area contributed by atoms with E-state index in [0.29, 0.717) is 5.56 Å². The molecule has 0 aliphatic carbocycles. The summed E-state index contributed by atoms with van der Waals surface area (Å²) in [4.78, 5) is 37.6. The van der Waals surface area contributed by atoms with Gasteiger partial charge in [0, 0.05) is 17.0 Å². The molecule has 0 radical (unpaired) electrons. The van der Waals surface area contributed by atoms with E-state index in [9.17, 15) is 19.7 Å². The average molecular weight is 376 g/mol. The number of hydrogen-bond acceptors (Lipinski definition) is 6. The molecule has 138 valence electrons. The molecule has 0 aromatic heterocycles. The van der Waals surface area contributed by atoms with Crippen molar-refractivity contribution in [3.8, 4) is 0 Å². The Morgan fingerprint density at radius 1 is 1.31 bits per heavy atom. The minimum Gasteiger partial charge on any atom is -0.459 e. The minimum atomic E-state index is -0.668. The van der Waals surface area contributed by atoms with E-state index in [-0.39, 0.29) is 30.2 Å². The monoisotopic (exact) mass is 376 g/mol. The van der Waals surface area contributed by atoms with E-state index in [1.165, 1.54) is 12.1 Å². The Labute approximate surface area is 155 Å².